The summed E-state index contributed by atoms with van der Waals surface area (Å²) in [6, 6.07) is 34.9. The predicted molar refractivity (Wildman–Crippen MR) is 200 cm³/mol. The van der Waals surface area contributed by atoms with E-state index in [1.807, 2.05) is 0 Å². The first-order chi connectivity index (χ1) is 22.6. The largest absolute Gasteiger partial charge is 0.260 e. The molecule has 0 amide bonds. The molecular weight excluding hydrogens is 565 g/mol. The maximum Gasteiger partial charge on any atom is 0.242 e. The zero-order chi connectivity index (χ0) is 32.5. The van der Waals surface area contributed by atoms with Crippen LogP contribution in [0.1, 0.15) is 83.2 Å². The van der Waals surface area contributed by atoms with E-state index in [1.165, 1.54) is 105 Å². The van der Waals surface area contributed by atoms with Gasteiger partial charge in [-0.2, -0.15) is 0 Å². The number of hydrogen-bond acceptors (Lipinski definition) is 1. The van der Waals surface area contributed by atoms with Gasteiger partial charge in [0.15, 0.2) is 0 Å². The van der Waals surface area contributed by atoms with Gasteiger partial charge < -0.3 is 0 Å². The molecule has 1 heterocycles. The molecule has 0 saturated heterocycles. The molecule has 9 rings (SSSR count). The lowest BCUT2D eigenvalue weighted by atomic mass is 9.34. The first-order valence-electron chi connectivity index (χ1n) is 17.9. The van der Waals surface area contributed by atoms with E-state index in [2.05, 4.69) is 139 Å². The van der Waals surface area contributed by atoms with E-state index in [-0.39, 0.29) is 17.5 Å². The molecule has 236 valence electrons. The molecule has 4 bridgehead atoms. The highest BCUT2D eigenvalue weighted by atomic mass is 14.7. The van der Waals surface area contributed by atoms with Crippen LogP contribution >= 0.6 is 0 Å². The fraction of sp³-hybridized carbons (Fsp3) is 0.356. The first-order valence-corrected chi connectivity index (χ1v) is 17.9. The normalized spacial score (nSPS) is 24.5. The average Bonchev–Trinajstić information content (AvgIpc) is 3.03. The molecule has 4 fully saturated rings. The third kappa shape index (κ3) is 5.20. The highest BCUT2D eigenvalue weighted by Crippen LogP contribution is 2.66. The summed E-state index contributed by atoms with van der Waals surface area (Å²) in [4.78, 5) is 5.22. The fourth-order valence-electron chi connectivity index (χ4n) is 11.2. The Morgan fingerprint density at radius 1 is 0.574 bits per heavy atom. The van der Waals surface area contributed by atoms with Gasteiger partial charge in [0.25, 0.3) is 0 Å². The van der Waals surface area contributed by atoms with Gasteiger partial charge >= 0.3 is 0 Å². The fourth-order valence-corrected chi connectivity index (χ4v) is 11.2. The van der Waals surface area contributed by atoms with Crippen LogP contribution in [0.15, 0.2) is 97.2 Å². The van der Waals surface area contributed by atoms with Crippen molar-refractivity contribution in [3.8, 4) is 11.1 Å². The van der Waals surface area contributed by atoms with E-state index in [1.54, 1.807) is 5.56 Å². The maximum absolute atomic E-state index is 5.22. The van der Waals surface area contributed by atoms with E-state index in [0.29, 0.717) is 0 Å². The van der Waals surface area contributed by atoms with Crippen LogP contribution < -0.4 is 16.4 Å². The number of rotatable bonds is 6. The van der Waals surface area contributed by atoms with Crippen molar-refractivity contribution in [2.75, 3.05) is 0 Å². The van der Waals surface area contributed by atoms with Gasteiger partial charge in [0.05, 0.1) is 0 Å². The van der Waals surface area contributed by atoms with Crippen molar-refractivity contribution < 1.29 is 0 Å². The van der Waals surface area contributed by atoms with Crippen LogP contribution in [0.4, 0.5) is 0 Å². The third-order valence-corrected chi connectivity index (χ3v) is 12.4. The van der Waals surface area contributed by atoms with Gasteiger partial charge in [-0.25, -0.2) is 0 Å². The van der Waals surface area contributed by atoms with Gasteiger partial charge in [-0.05, 0) is 115 Å². The molecule has 47 heavy (non-hydrogen) atoms. The zero-order valence-corrected chi connectivity index (χ0v) is 29.2. The summed E-state index contributed by atoms with van der Waals surface area (Å²) in [5.74, 6) is 1.60. The Kier molecular flexibility index (Phi) is 7.36. The lowest BCUT2D eigenvalue weighted by Gasteiger charge is -2.62. The van der Waals surface area contributed by atoms with E-state index in [4.69, 9.17) is 4.98 Å². The lowest BCUT2D eigenvalue weighted by molar-refractivity contribution is -0.0299. The number of aromatic nitrogens is 1. The van der Waals surface area contributed by atoms with Crippen molar-refractivity contribution in [2.24, 2.45) is 11.8 Å². The molecule has 2 heteroatoms. The van der Waals surface area contributed by atoms with Gasteiger partial charge in [0.2, 0.25) is 6.71 Å². The molecule has 0 N–H and O–H groups in total. The van der Waals surface area contributed by atoms with Gasteiger partial charge in [-0.3, -0.25) is 4.98 Å². The van der Waals surface area contributed by atoms with Crippen LogP contribution in [0.3, 0.4) is 0 Å². The summed E-state index contributed by atoms with van der Waals surface area (Å²) < 4.78 is 0. The van der Waals surface area contributed by atoms with Crippen molar-refractivity contribution >= 4 is 23.1 Å². The summed E-state index contributed by atoms with van der Waals surface area (Å²) >= 11 is 0. The molecule has 4 aromatic carbocycles. The van der Waals surface area contributed by atoms with Gasteiger partial charge in [-0.15, -0.1) is 0 Å². The second-order valence-electron chi connectivity index (χ2n) is 16.0. The average molecular weight is 614 g/mol. The summed E-state index contributed by atoms with van der Waals surface area (Å²) in [5, 5.41) is 0. The van der Waals surface area contributed by atoms with E-state index in [9.17, 15) is 0 Å². The quantitative estimate of drug-likeness (QED) is 0.174. The molecule has 0 radical (unpaired) electrons. The number of nitrogens with zero attached hydrogens (tertiary/aromatic N) is 1. The van der Waals surface area contributed by atoms with Crippen LogP contribution in [0, 0.1) is 53.4 Å². The summed E-state index contributed by atoms with van der Waals surface area (Å²) in [6.07, 6.45) is 10.1. The Morgan fingerprint density at radius 2 is 1.11 bits per heavy atom. The highest BCUT2D eigenvalue weighted by molar-refractivity contribution is 6.96. The lowest BCUT2D eigenvalue weighted by Crippen LogP contribution is -2.57. The van der Waals surface area contributed by atoms with Crippen LogP contribution in [0.5, 0.6) is 0 Å². The van der Waals surface area contributed by atoms with Crippen molar-refractivity contribution in [1.29, 1.82) is 0 Å². The highest BCUT2D eigenvalue weighted by Gasteiger charge is 2.59. The smallest absolute Gasteiger partial charge is 0.242 e. The molecule has 0 aliphatic heterocycles. The number of aryl methyl sites for hydroxylation is 6. The molecule has 4 saturated carbocycles. The Morgan fingerprint density at radius 3 is 1.62 bits per heavy atom. The number of pyridine rings is 1. The second-order valence-corrected chi connectivity index (χ2v) is 16.0. The Labute approximate surface area is 283 Å². The maximum atomic E-state index is 5.22. The Bertz CT molecular complexity index is 1840. The van der Waals surface area contributed by atoms with Gasteiger partial charge in [0.1, 0.15) is 0 Å². The number of hydrogen-bond donors (Lipinski definition) is 0. The molecule has 2 unspecified atom stereocenters. The Hall–Kier alpha value is -3.91. The van der Waals surface area contributed by atoms with Crippen LogP contribution in [-0.4, -0.2) is 11.7 Å². The summed E-state index contributed by atoms with van der Waals surface area (Å²) in [5.41, 5.74) is 18.4. The van der Waals surface area contributed by atoms with Crippen molar-refractivity contribution in [3.63, 3.8) is 0 Å². The van der Waals surface area contributed by atoms with E-state index >= 15 is 0 Å². The summed E-state index contributed by atoms with van der Waals surface area (Å²) in [6.45, 7) is 13.9. The van der Waals surface area contributed by atoms with Crippen molar-refractivity contribution in [2.45, 2.75) is 90.9 Å². The Balaban J connectivity index is 1.17. The zero-order valence-electron chi connectivity index (χ0n) is 29.2. The van der Waals surface area contributed by atoms with E-state index < -0.39 is 0 Å². The van der Waals surface area contributed by atoms with Crippen LogP contribution in [0.2, 0.25) is 0 Å². The SMILES string of the molecule is Cc1cc(C)c(B(c2ccc(C34CC5CC(C3)CC(c3ccc(-c6ccccc6)cn3)(C5)C4)cc2)c2c(C)cc(C)cc2C)c(C)c1. The molecular formula is C45H48BN. The van der Waals surface area contributed by atoms with Crippen LogP contribution in [0.25, 0.3) is 11.1 Å². The first kappa shape index (κ1) is 30.4. The minimum absolute atomic E-state index is 0.201. The molecule has 4 aliphatic rings. The molecule has 5 aromatic rings. The third-order valence-electron chi connectivity index (χ3n) is 12.4. The van der Waals surface area contributed by atoms with Crippen molar-refractivity contribution in [1.82, 2.24) is 4.98 Å². The van der Waals surface area contributed by atoms with Crippen molar-refractivity contribution in [3.05, 3.63) is 142 Å². The minimum Gasteiger partial charge on any atom is -0.260 e. The topological polar surface area (TPSA) is 12.9 Å². The molecule has 1 aromatic heterocycles. The molecule has 2 atom stereocenters. The minimum atomic E-state index is 0.201. The molecule has 4 aliphatic carbocycles. The van der Waals surface area contributed by atoms with E-state index in [0.717, 1.165) is 11.8 Å². The predicted octanol–water partition coefficient (Wildman–Crippen LogP) is 8.90. The summed E-state index contributed by atoms with van der Waals surface area (Å²) in [7, 11) is 0. The van der Waals surface area contributed by atoms with Crippen LogP contribution in [-0.2, 0) is 10.8 Å². The monoisotopic (exact) mass is 613 g/mol. The molecule has 1 nitrogen and oxygen atoms in total. The van der Waals surface area contributed by atoms with Gasteiger partial charge in [-0.1, -0.05) is 135 Å². The standard InChI is InChI=1S/C45H48BN/c1-29-18-31(3)42(32(4)19-29)46(43-33(5)20-30(2)21-34(43)6)40-15-13-39(14-16-40)44-23-35-22-36(24-44)26-45(25-35,28-44)41-17-12-38(27-47-41)37-10-8-7-9-11-37/h7-21,27,35-36H,22-26,28H2,1-6H3. The second kappa shape index (κ2) is 11.4. The number of benzene rings is 4. The van der Waals surface area contributed by atoms with Gasteiger partial charge in [0, 0.05) is 22.9 Å². The molecule has 0 spiro atoms.